The van der Waals surface area contributed by atoms with Gasteiger partial charge in [0.25, 0.3) is 0 Å². The van der Waals surface area contributed by atoms with Crippen LogP contribution in [0.1, 0.15) is 54.9 Å². The lowest BCUT2D eigenvalue weighted by Gasteiger charge is -2.37. The Balaban J connectivity index is 4.67. The van der Waals surface area contributed by atoms with Crippen LogP contribution in [0.4, 0.5) is 0 Å². The molecule has 2 N–H and O–H groups in total. The van der Waals surface area contributed by atoms with Gasteiger partial charge in [0.1, 0.15) is 0 Å². The van der Waals surface area contributed by atoms with Crippen molar-refractivity contribution in [1.82, 2.24) is 4.90 Å². The summed E-state index contributed by atoms with van der Waals surface area (Å²) in [4.78, 5) is 2.63. The monoisotopic (exact) mass is 256 g/mol. The summed E-state index contributed by atoms with van der Waals surface area (Å²) in [5, 5.41) is 0. The van der Waals surface area contributed by atoms with Crippen LogP contribution in [0.25, 0.3) is 0 Å². The van der Waals surface area contributed by atoms with E-state index in [1.165, 1.54) is 19.5 Å². The van der Waals surface area contributed by atoms with Gasteiger partial charge in [0, 0.05) is 25.7 Å². The van der Waals surface area contributed by atoms with Crippen molar-refractivity contribution in [2.45, 2.75) is 60.9 Å². The number of hydrogen-bond acceptors (Lipinski definition) is 2. The molecule has 0 saturated carbocycles. The Kier molecular flexibility index (Phi) is 8.89. The molecule has 0 aromatic rings. The SMILES string of the molecule is CC(C)CC(C)C(CN)N(CC(C)C)CC(C)C. The summed E-state index contributed by atoms with van der Waals surface area (Å²) < 4.78 is 0. The quantitative estimate of drug-likeness (QED) is 0.683. The van der Waals surface area contributed by atoms with Crippen LogP contribution in [0, 0.1) is 23.7 Å². The Morgan fingerprint density at radius 1 is 0.778 bits per heavy atom. The lowest BCUT2D eigenvalue weighted by Crippen LogP contribution is -2.48. The highest BCUT2D eigenvalue weighted by molar-refractivity contribution is 4.80. The second-order valence-electron chi connectivity index (χ2n) is 7.15. The number of nitrogens with zero attached hydrogens (tertiary/aromatic N) is 1. The van der Waals surface area contributed by atoms with Gasteiger partial charge in [-0.15, -0.1) is 0 Å². The van der Waals surface area contributed by atoms with Crippen molar-refractivity contribution in [1.29, 1.82) is 0 Å². The standard InChI is InChI=1S/C16H36N2/c1-12(2)8-15(7)16(9-17)18(10-13(3)4)11-14(5)6/h12-16H,8-11,17H2,1-7H3. The van der Waals surface area contributed by atoms with Crippen LogP contribution in [0.5, 0.6) is 0 Å². The van der Waals surface area contributed by atoms with E-state index in [1.54, 1.807) is 0 Å². The molecule has 0 bridgehead atoms. The van der Waals surface area contributed by atoms with Gasteiger partial charge in [-0.1, -0.05) is 48.5 Å². The molecule has 0 amide bonds. The first-order chi connectivity index (χ1) is 8.27. The minimum absolute atomic E-state index is 0.539. The van der Waals surface area contributed by atoms with Crippen molar-refractivity contribution in [3.05, 3.63) is 0 Å². The molecule has 2 unspecified atom stereocenters. The van der Waals surface area contributed by atoms with Gasteiger partial charge in [-0.25, -0.2) is 0 Å². The summed E-state index contributed by atoms with van der Waals surface area (Å²) in [6, 6.07) is 0.539. The molecular formula is C16H36N2. The Hall–Kier alpha value is -0.0800. The van der Waals surface area contributed by atoms with Crippen molar-refractivity contribution >= 4 is 0 Å². The molecule has 0 spiro atoms. The third-order valence-corrected chi connectivity index (χ3v) is 3.41. The van der Waals surface area contributed by atoms with Gasteiger partial charge in [-0.3, -0.25) is 4.90 Å². The maximum atomic E-state index is 6.06. The molecule has 2 atom stereocenters. The summed E-state index contributed by atoms with van der Waals surface area (Å²) in [6.07, 6.45) is 1.27. The van der Waals surface area contributed by atoms with Crippen LogP contribution >= 0.6 is 0 Å². The molecule has 0 aliphatic heterocycles. The zero-order valence-corrected chi connectivity index (χ0v) is 13.7. The second kappa shape index (κ2) is 8.92. The second-order valence-corrected chi connectivity index (χ2v) is 7.15. The lowest BCUT2D eigenvalue weighted by atomic mass is 9.90. The molecule has 110 valence electrons. The predicted molar refractivity (Wildman–Crippen MR) is 82.7 cm³/mol. The topological polar surface area (TPSA) is 29.3 Å². The van der Waals surface area contributed by atoms with Crippen LogP contribution in [-0.2, 0) is 0 Å². The number of nitrogens with two attached hydrogens (primary N) is 1. The lowest BCUT2D eigenvalue weighted by molar-refractivity contribution is 0.112. The molecule has 0 aliphatic carbocycles. The molecule has 0 aliphatic rings. The fourth-order valence-electron chi connectivity index (χ4n) is 2.93. The largest absolute Gasteiger partial charge is 0.329 e. The maximum absolute atomic E-state index is 6.06. The van der Waals surface area contributed by atoms with Gasteiger partial charge >= 0.3 is 0 Å². The Morgan fingerprint density at radius 3 is 1.50 bits per heavy atom. The maximum Gasteiger partial charge on any atom is 0.0244 e. The van der Waals surface area contributed by atoms with Crippen molar-refractivity contribution in [3.8, 4) is 0 Å². The molecule has 0 heterocycles. The molecule has 18 heavy (non-hydrogen) atoms. The molecular weight excluding hydrogens is 220 g/mol. The van der Waals surface area contributed by atoms with Crippen LogP contribution in [0.3, 0.4) is 0 Å². The molecule has 0 saturated heterocycles. The molecule has 2 heteroatoms. The normalized spacial score (nSPS) is 16.0. The average Bonchev–Trinajstić information content (AvgIpc) is 2.14. The van der Waals surface area contributed by atoms with E-state index in [0.717, 1.165) is 12.5 Å². The zero-order valence-electron chi connectivity index (χ0n) is 13.7. The van der Waals surface area contributed by atoms with Crippen LogP contribution in [0.2, 0.25) is 0 Å². The van der Waals surface area contributed by atoms with E-state index in [0.29, 0.717) is 23.8 Å². The third-order valence-electron chi connectivity index (χ3n) is 3.41. The molecule has 0 radical (unpaired) electrons. The van der Waals surface area contributed by atoms with Gasteiger partial charge in [0.2, 0.25) is 0 Å². The van der Waals surface area contributed by atoms with E-state index in [1.807, 2.05) is 0 Å². The van der Waals surface area contributed by atoms with Crippen LogP contribution < -0.4 is 5.73 Å². The molecule has 0 aromatic carbocycles. The minimum Gasteiger partial charge on any atom is -0.329 e. The fraction of sp³-hybridized carbons (Fsp3) is 1.00. The highest BCUT2D eigenvalue weighted by atomic mass is 15.2. The minimum atomic E-state index is 0.539. The molecule has 0 rings (SSSR count). The van der Waals surface area contributed by atoms with Gasteiger partial charge in [-0.05, 0) is 30.1 Å². The number of rotatable bonds is 9. The van der Waals surface area contributed by atoms with Crippen molar-refractivity contribution < 1.29 is 0 Å². The Morgan fingerprint density at radius 2 is 1.22 bits per heavy atom. The van der Waals surface area contributed by atoms with Crippen LogP contribution in [-0.4, -0.2) is 30.6 Å². The smallest absolute Gasteiger partial charge is 0.0244 e. The van der Waals surface area contributed by atoms with Gasteiger partial charge in [-0.2, -0.15) is 0 Å². The van der Waals surface area contributed by atoms with Gasteiger partial charge in [0.05, 0.1) is 0 Å². The van der Waals surface area contributed by atoms with Crippen LogP contribution in [0.15, 0.2) is 0 Å². The summed E-state index contributed by atoms with van der Waals surface area (Å²) in [7, 11) is 0. The molecule has 0 aromatic heterocycles. The third kappa shape index (κ3) is 7.38. The average molecular weight is 256 g/mol. The Labute approximate surface area is 115 Å². The van der Waals surface area contributed by atoms with E-state index in [-0.39, 0.29) is 0 Å². The highest BCUT2D eigenvalue weighted by Gasteiger charge is 2.24. The van der Waals surface area contributed by atoms with Gasteiger partial charge < -0.3 is 5.73 Å². The summed E-state index contributed by atoms with van der Waals surface area (Å²) in [6.45, 7) is 19.3. The van der Waals surface area contributed by atoms with E-state index in [2.05, 4.69) is 53.4 Å². The summed E-state index contributed by atoms with van der Waals surface area (Å²) >= 11 is 0. The summed E-state index contributed by atoms with van der Waals surface area (Å²) in [5.74, 6) is 2.87. The zero-order chi connectivity index (χ0) is 14.3. The fourth-order valence-corrected chi connectivity index (χ4v) is 2.93. The first-order valence-corrected chi connectivity index (χ1v) is 7.71. The van der Waals surface area contributed by atoms with Crippen molar-refractivity contribution in [2.75, 3.05) is 19.6 Å². The van der Waals surface area contributed by atoms with E-state index in [9.17, 15) is 0 Å². The van der Waals surface area contributed by atoms with E-state index in [4.69, 9.17) is 5.73 Å². The Bertz CT molecular complexity index is 189. The summed E-state index contributed by atoms with van der Waals surface area (Å²) in [5.41, 5.74) is 6.06. The van der Waals surface area contributed by atoms with Crippen molar-refractivity contribution in [2.24, 2.45) is 29.4 Å². The van der Waals surface area contributed by atoms with E-state index >= 15 is 0 Å². The first kappa shape index (κ1) is 17.9. The predicted octanol–water partition coefficient (Wildman–Crippen LogP) is 3.61. The van der Waals surface area contributed by atoms with Gasteiger partial charge in [0.15, 0.2) is 0 Å². The molecule has 2 nitrogen and oxygen atoms in total. The molecule has 0 fully saturated rings. The number of hydrogen-bond donors (Lipinski definition) is 1. The van der Waals surface area contributed by atoms with Crippen molar-refractivity contribution in [3.63, 3.8) is 0 Å². The highest BCUT2D eigenvalue weighted by Crippen LogP contribution is 2.21. The first-order valence-electron chi connectivity index (χ1n) is 7.71. The van der Waals surface area contributed by atoms with E-state index < -0.39 is 0 Å².